The van der Waals surface area contributed by atoms with Crippen LogP contribution in [0.3, 0.4) is 0 Å². The van der Waals surface area contributed by atoms with Gasteiger partial charge < -0.3 is 14.6 Å². The number of fused-ring (bicyclic) bond motifs is 2. The van der Waals surface area contributed by atoms with Gasteiger partial charge in [0.25, 0.3) is 0 Å². The van der Waals surface area contributed by atoms with Crippen molar-refractivity contribution in [2.45, 2.75) is 19.0 Å². The number of H-pyrrole nitrogens is 1. The molecule has 0 atom stereocenters. The summed E-state index contributed by atoms with van der Waals surface area (Å²) in [6.07, 6.45) is 1.94. The minimum atomic E-state index is -4.98. The van der Waals surface area contributed by atoms with Gasteiger partial charge in [-0.2, -0.15) is 18.3 Å². The molecule has 0 unspecified atom stereocenters. The van der Waals surface area contributed by atoms with E-state index in [2.05, 4.69) is 25.5 Å². The molecular formula is C20H17F4N7O. The van der Waals surface area contributed by atoms with Crippen molar-refractivity contribution in [3.05, 3.63) is 36.2 Å². The molecule has 0 aliphatic heterocycles. The molecule has 1 fully saturated rings. The van der Waals surface area contributed by atoms with Crippen molar-refractivity contribution >= 4 is 34.0 Å². The van der Waals surface area contributed by atoms with Crippen LogP contribution in [0, 0.1) is 11.7 Å². The zero-order valence-corrected chi connectivity index (χ0v) is 17.0. The quantitative estimate of drug-likeness (QED) is 0.464. The molecule has 3 aromatic heterocycles. The highest BCUT2D eigenvalue weighted by atomic mass is 19.4. The Morgan fingerprint density at radius 1 is 1.25 bits per heavy atom. The molecule has 4 aromatic rings. The summed E-state index contributed by atoms with van der Waals surface area (Å²) >= 11 is 0. The van der Waals surface area contributed by atoms with E-state index in [1.165, 1.54) is 48.2 Å². The van der Waals surface area contributed by atoms with E-state index >= 15 is 4.39 Å². The van der Waals surface area contributed by atoms with Gasteiger partial charge in [-0.1, -0.05) is 0 Å². The molecule has 5 rings (SSSR count). The maximum Gasteiger partial charge on any atom is 0.419 e. The van der Waals surface area contributed by atoms with Crippen LogP contribution >= 0.6 is 0 Å². The van der Waals surface area contributed by atoms with E-state index < -0.39 is 23.1 Å². The normalized spacial score (nSPS) is 14.3. The zero-order chi connectivity index (χ0) is 22.8. The maximum atomic E-state index is 15.2. The number of rotatable bonds is 4. The van der Waals surface area contributed by atoms with Gasteiger partial charge in [0.05, 0.1) is 35.5 Å². The number of aromatic nitrogens is 5. The van der Waals surface area contributed by atoms with Crippen molar-refractivity contribution in [3.8, 4) is 11.3 Å². The van der Waals surface area contributed by atoms with E-state index in [0.29, 0.717) is 5.65 Å². The molecule has 3 heterocycles. The second-order valence-electron chi connectivity index (χ2n) is 7.89. The van der Waals surface area contributed by atoms with Crippen molar-refractivity contribution in [1.29, 1.82) is 0 Å². The third kappa shape index (κ3) is 3.22. The second kappa shape index (κ2) is 6.90. The highest BCUT2D eigenvalue weighted by Crippen LogP contribution is 2.46. The highest BCUT2D eigenvalue weighted by molar-refractivity contribution is 6.02. The lowest BCUT2D eigenvalue weighted by atomic mass is 9.97. The highest BCUT2D eigenvalue weighted by Gasteiger charge is 2.41. The first-order valence-corrected chi connectivity index (χ1v) is 9.74. The zero-order valence-electron chi connectivity index (χ0n) is 17.0. The Kier molecular flexibility index (Phi) is 4.36. The fourth-order valence-corrected chi connectivity index (χ4v) is 3.74. The molecule has 0 bridgehead atoms. The lowest BCUT2D eigenvalue weighted by Crippen LogP contribution is -2.18. The van der Waals surface area contributed by atoms with Crippen LogP contribution in [-0.2, 0) is 11.0 Å². The molecular weight excluding hydrogens is 430 g/mol. The van der Waals surface area contributed by atoms with Crippen LogP contribution in [0.15, 0.2) is 24.8 Å². The molecule has 8 nitrogen and oxygen atoms in total. The number of halogens is 4. The number of anilines is 2. The van der Waals surface area contributed by atoms with E-state index in [1.807, 2.05) is 0 Å². The number of amides is 1. The smallest absolute Gasteiger partial charge is 0.374 e. The predicted octanol–water partition coefficient (Wildman–Crippen LogP) is 3.85. The van der Waals surface area contributed by atoms with E-state index in [1.54, 1.807) is 0 Å². The largest absolute Gasteiger partial charge is 0.419 e. The Bertz CT molecular complexity index is 1370. The minimum absolute atomic E-state index is 0.0320. The molecule has 12 heteroatoms. The van der Waals surface area contributed by atoms with E-state index in [-0.39, 0.29) is 39.9 Å². The average molecular weight is 447 g/mol. The van der Waals surface area contributed by atoms with Gasteiger partial charge in [0.15, 0.2) is 17.3 Å². The summed E-state index contributed by atoms with van der Waals surface area (Å²) < 4.78 is 58.7. The van der Waals surface area contributed by atoms with Gasteiger partial charge in [-0.05, 0) is 12.8 Å². The van der Waals surface area contributed by atoms with Gasteiger partial charge in [0.2, 0.25) is 5.91 Å². The lowest BCUT2D eigenvalue weighted by Gasteiger charge is -2.21. The van der Waals surface area contributed by atoms with Crippen LogP contribution in [-0.4, -0.2) is 44.6 Å². The fraction of sp³-hybridized carbons (Fsp3) is 0.300. The standard InChI is InChI=1S/C20H17F4N7O/c1-30(2)18-16(21)15(20(22,23)24)14(10-5-26-29-17(10)18)11-7-31-8-12(27-13(31)6-25-11)28-19(32)9-3-4-9/h5-9H,3-4H2,1-2H3,(H,26,29)(H,28,32). The summed E-state index contributed by atoms with van der Waals surface area (Å²) in [5.74, 6) is -1.34. The molecule has 0 saturated heterocycles. The van der Waals surface area contributed by atoms with Gasteiger partial charge in [-0.25, -0.2) is 9.37 Å². The number of nitrogens with zero attached hydrogens (tertiary/aromatic N) is 5. The molecule has 1 amide bonds. The number of hydrogen-bond acceptors (Lipinski definition) is 5. The topological polar surface area (TPSA) is 91.2 Å². The summed E-state index contributed by atoms with van der Waals surface area (Å²) in [6.45, 7) is 0. The Morgan fingerprint density at radius 2 is 2.00 bits per heavy atom. The Hall–Kier alpha value is -3.70. The SMILES string of the molecule is CN(C)c1c(F)c(C(F)(F)F)c(-c2cn3cc(NC(=O)C4CC4)nc3cn2)c2cn[nH]c12. The first-order valence-electron chi connectivity index (χ1n) is 9.74. The van der Waals surface area contributed by atoms with E-state index in [0.717, 1.165) is 12.8 Å². The minimum Gasteiger partial charge on any atom is -0.374 e. The number of benzene rings is 1. The second-order valence-corrected chi connectivity index (χ2v) is 7.89. The summed E-state index contributed by atoms with van der Waals surface area (Å²) in [5.41, 5.74) is -1.77. The first kappa shape index (κ1) is 20.2. The summed E-state index contributed by atoms with van der Waals surface area (Å²) in [6, 6.07) is 0. The van der Waals surface area contributed by atoms with Crippen LogP contribution in [0.5, 0.6) is 0 Å². The van der Waals surface area contributed by atoms with Crippen LogP contribution in [0.1, 0.15) is 18.4 Å². The van der Waals surface area contributed by atoms with Crippen LogP contribution < -0.4 is 10.2 Å². The van der Waals surface area contributed by atoms with Crippen molar-refractivity contribution < 1.29 is 22.4 Å². The van der Waals surface area contributed by atoms with Gasteiger partial charge >= 0.3 is 6.18 Å². The predicted molar refractivity (Wildman–Crippen MR) is 109 cm³/mol. The van der Waals surface area contributed by atoms with Crippen molar-refractivity contribution in [1.82, 2.24) is 24.6 Å². The molecule has 1 aromatic carbocycles. The summed E-state index contributed by atoms with van der Waals surface area (Å²) in [7, 11) is 2.90. The molecule has 32 heavy (non-hydrogen) atoms. The Balaban J connectivity index is 1.70. The molecule has 1 saturated carbocycles. The third-order valence-electron chi connectivity index (χ3n) is 5.35. The van der Waals surface area contributed by atoms with Gasteiger partial charge in [0, 0.05) is 37.2 Å². The van der Waals surface area contributed by atoms with Crippen molar-refractivity contribution in [2.75, 3.05) is 24.3 Å². The number of alkyl halides is 3. The summed E-state index contributed by atoms with van der Waals surface area (Å²) in [4.78, 5) is 21.6. The van der Waals surface area contributed by atoms with E-state index in [4.69, 9.17) is 0 Å². The summed E-state index contributed by atoms with van der Waals surface area (Å²) in [5, 5.41) is 9.19. The number of imidazole rings is 1. The average Bonchev–Trinajstić information content (AvgIpc) is 3.32. The monoisotopic (exact) mass is 447 g/mol. The Labute approximate surface area is 178 Å². The Morgan fingerprint density at radius 3 is 2.66 bits per heavy atom. The van der Waals surface area contributed by atoms with Crippen LogP contribution in [0.2, 0.25) is 0 Å². The fourth-order valence-electron chi connectivity index (χ4n) is 3.74. The number of nitrogens with one attached hydrogen (secondary N) is 2. The first-order chi connectivity index (χ1) is 15.1. The molecule has 2 N–H and O–H groups in total. The molecule has 0 spiro atoms. The maximum absolute atomic E-state index is 15.2. The van der Waals surface area contributed by atoms with Gasteiger partial charge in [-0.3, -0.25) is 14.9 Å². The van der Waals surface area contributed by atoms with Crippen LogP contribution in [0.4, 0.5) is 29.1 Å². The molecule has 166 valence electrons. The van der Waals surface area contributed by atoms with E-state index in [9.17, 15) is 18.0 Å². The van der Waals surface area contributed by atoms with Crippen LogP contribution in [0.25, 0.3) is 27.8 Å². The molecule has 1 aliphatic rings. The molecule has 0 radical (unpaired) electrons. The van der Waals surface area contributed by atoms with Crippen molar-refractivity contribution in [2.24, 2.45) is 5.92 Å². The number of aromatic amines is 1. The number of hydrogen-bond donors (Lipinski definition) is 2. The van der Waals surface area contributed by atoms with Gasteiger partial charge in [0.1, 0.15) is 5.56 Å². The number of carbonyl (C=O) groups is 1. The van der Waals surface area contributed by atoms with Crippen molar-refractivity contribution in [3.63, 3.8) is 0 Å². The number of carbonyl (C=O) groups excluding carboxylic acids is 1. The third-order valence-corrected chi connectivity index (χ3v) is 5.35. The lowest BCUT2D eigenvalue weighted by molar-refractivity contribution is -0.139. The van der Waals surface area contributed by atoms with Gasteiger partial charge in [-0.15, -0.1) is 0 Å². The molecule has 1 aliphatic carbocycles.